The highest BCUT2D eigenvalue weighted by atomic mass is 16.2. The number of hydrogen-bond donors (Lipinski definition) is 1. The van der Waals surface area contributed by atoms with Crippen LogP contribution in [0.1, 0.15) is 43.5 Å². The molecule has 1 heterocycles. The molecule has 0 bridgehead atoms. The fourth-order valence-corrected chi connectivity index (χ4v) is 2.22. The van der Waals surface area contributed by atoms with E-state index in [0.717, 1.165) is 16.8 Å². The predicted octanol–water partition coefficient (Wildman–Crippen LogP) is 3.52. The molecule has 24 heavy (non-hydrogen) atoms. The lowest BCUT2D eigenvalue weighted by molar-refractivity contribution is -0.121. The third-order valence-corrected chi connectivity index (χ3v) is 3.68. The summed E-state index contributed by atoms with van der Waals surface area (Å²) in [7, 11) is 0. The molecule has 0 spiro atoms. The summed E-state index contributed by atoms with van der Waals surface area (Å²) in [5.41, 5.74) is 6.85. The molecule has 5 nitrogen and oxygen atoms in total. The van der Waals surface area contributed by atoms with Crippen LogP contribution < -0.4 is 5.43 Å². The fraction of sp³-hybridized carbons (Fsp3) is 0.316. The van der Waals surface area contributed by atoms with E-state index in [1.54, 1.807) is 17.1 Å². The molecular formula is C19H24N4O. The highest BCUT2D eigenvalue weighted by molar-refractivity contribution is 5.86. The number of aryl methyl sites for hydroxylation is 1. The van der Waals surface area contributed by atoms with Crippen molar-refractivity contribution in [2.45, 2.75) is 40.2 Å². The Hall–Kier alpha value is -2.69. The molecule has 0 atom stereocenters. The minimum absolute atomic E-state index is 0.162. The number of allylic oxidation sites excluding steroid dienone is 1. The van der Waals surface area contributed by atoms with Crippen LogP contribution in [0.4, 0.5) is 0 Å². The fourth-order valence-electron chi connectivity index (χ4n) is 2.22. The molecule has 0 unspecified atom stereocenters. The van der Waals surface area contributed by atoms with E-state index < -0.39 is 0 Å². The SMILES string of the molecule is C/C(C=NNC(=O)Cn1nccc1C)=C\c1ccc(C(C)C)cc1. The van der Waals surface area contributed by atoms with Gasteiger partial charge in [-0.3, -0.25) is 9.48 Å². The average molecular weight is 324 g/mol. The zero-order valence-corrected chi connectivity index (χ0v) is 14.7. The summed E-state index contributed by atoms with van der Waals surface area (Å²) in [6, 6.07) is 10.3. The van der Waals surface area contributed by atoms with Gasteiger partial charge in [0.15, 0.2) is 0 Å². The van der Waals surface area contributed by atoms with Crippen LogP contribution in [0, 0.1) is 6.92 Å². The van der Waals surface area contributed by atoms with Crippen molar-refractivity contribution >= 4 is 18.2 Å². The number of hydrazone groups is 1. The zero-order valence-electron chi connectivity index (χ0n) is 14.7. The number of aromatic nitrogens is 2. The van der Waals surface area contributed by atoms with Crippen LogP contribution in [-0.4, -0.2) is 21.9 Å². The van der Waals surface area contributed by atoms with Crippen molar-refractivity contribution < 1.29 is 4.79 Å². The van der Waals surface area contributed by atoms with Crippen molar-refractivity contribution in [3.8, 4) is 0 Å². The Morgan fingerprint density at radius 3 is 2.58 bits per heavy atom. The van der Waals surface area contributed by atoms with Crippen molar-refractivity contribution in [2.75, 3.05) is 0 Å². The second kappa shape index (κ2) is 8.24. The van der Waals surface area contributed by atoms with Gasteiger partial charge in [0.05, 0.1) is 6.21 Å². The van der Waals surface area contributed by atoms with E-state index in [1.807, 2.05) is 26.0 Å². The summed E-state index contributed by atoms with van der Waals surface area (Å²) in [4.78, 5) is 11.8. The van der Waals surface area contributed by atoms with E-state index in [-0.39, 0.29) is 12.5 Å². The summed E-state index contributed by atoms with van der Waals surface area (Å²) in [5, 5.41) is 8.06. The van der Waals surface area contributed by atoms with Gasteiger partial charge in [0.25, 0.3) is 5.91 Å². The van der Waals surface area contributed by atoms with Crippen molar-refractivity contribution in [3.05, 3.63) is 58.9 Å². The molecule has 1 N–H and O–H groups in total. The van der Waals surface area contributed by atoms with Gasteiger partial charge in [0.2, 0.25) is 0 Å². The minimum atomic E-state index is -0.202. The van der Waals surface area contributed by atoms with Crippen LogP contribution in [-0.2, 0) is 11.3 Å². The first-order chi connectivity index (χ1) is 11.5. The standard InChI is InChI=1S/C19H24N4O/c1-14(2)18-7-5-17(6-8-18)11-15(3)12-20-22-19(24)13-23-16(4)9-10-21-23/h5-12,14H,13H2,1-4H3,(H,22,24)/b15-11+,20-12?. The maximum absolute atomic E-state index is 11.8. The first-order valence-corrected chi connectivity index (χ1v) is 8.04. The highest BCUT2D eigenvalue weighted by Crippen LogP contribution is 2.15. The Balaban J connectivity index is 1.88. The van der Waals surface area contributed by atoms with Crippen molar-refractivity contribution in [1.82, 2.24) is 15.2 Å². The van der Waals surface area contributed by atoms with Gasteiger partial charge in [-0.2, -0.15) is 10.2 Å². The number of rotatable bonds is 6. The second-order valence-corrected chi connectivity index (χ2v) is 6.13. The van der Waals surface area contributed by atoms with Gasteiger partial charge in [0.1, 0.15) is 6.54 Å². The van der Waals surface area contributed by atoms with Crippen molar-refractivity contribution in [2.24, 2.45) is 5.10 Å². The Morgan fingerprint density at radius 1 is 1.29 bits per heavy atom. The Bertz CT molecular complexity index is 739. The lowest BCUT2D eigenvalue weighted by Gasteiger charge is -2.05. The average Bonchev–Trinajstić information content (AvgIpc) is 2.93. The van der Waals surface area contributed by atoms with Crippen LogP contribution in [0.3, 0.4) is 0 Å². The largest absolute Gasteiger partial charge is 0.271 e. The first-order valence-electron chi connectivity index (χ1n) is 8.04. The summed E-state index contributed by atoms with van der Waals surface area (Å²) in [5.74, 6) is 0.325. The van der Waals surface area contributed by atoms with Crippen LogP contribution in [0.5, 0.6) is 0 Å². The Kier molecular flexibility index (Phi) is 6.07. The lowest BCUT2D eigenvalue weighted by Crippen LogP contribution is -2.24. The van der Waals surface area contributed by atoms with Gasteiger partial charge in [0, 0.05) is 11.9 Å². The number of carbonyl (C=O) groups excluding carboxylic acids is 1. The number of nitrogens with one attached hydrogen (secondary N) is 1. The molecule has 0 aliphatic heterocycles. The van der Waals surface area contributed by atoms with E-state index in [1.165, 1.54) is 5.56 Å². The summed E-state index contributed by atoms with van der Waals surface area (Å²) >= 11 is 0. The quantitative estimate of drug-likeness (QED) is 0.653. The van der Waals surface area contributed by atoms with Gasteiger partial charge in [-0.15, -0.1) is 0 Å². The first kappa shape index (κ1) is 17.7. The van der Waals surface area contributed by atoms with Gasteiger partial charge in [-0.25, -0.2) is 5.43 Å². The molecule has 0 saturated carbocycles. The van der Waals surface area contributed by atoms with E-state index in [2.05, 4.69) is 53.7 Å². The topological polar surface area (TPSA) is 59.3 Å². The molecule has 0 radical (unpaired) electrons. The maximum atomic E-state index is 11.8. The second-order valence-electron chi connectivity index (χ2n) is 6.13. The minimum Gasteiger partial charge on any atom is -0.271 e. The predicted molar refractivity (Wildman–Crippen MR) is 97.8 cm³/mol. The van der Waals surface area contributed by atoms with Gasteiger partial charge in [-0.1, -0.05) is 44.2 Å². The normalized spacial score (nSPS) is 12.1. The smallest absolute Gasteiger partial charge is 0.261 e. The summed E-state index contributed by atoms with van der Waals surface area (Å²) in [6.45, 7) is 8.37. The molecule has 0 saturated heterocycles. The van der Waals surface area contributed by atoms with E-state index in [9.17, 15) is 4.79 Å². The number of hydrogen-bond acceptors (Lipinski definition) is 3. The maximum Gasteiger partial charge on any atom is 0.261 e. The highest BCUT2D eigenvalue weighted by Gasteiger charge is 2.03. The summed E-state index contributed by atoms with van der Waals surface area (Å²) < 4.78 is 1.63. The van der Waals surface area contributed by atoms with Crippen LogP contribution in [0.25, 0.3) is 6.08 Å². The molecule has 5 heteroatoms. The lowest BCUT2D eigenvalue weighted by atomic mass is 10.0. The molecule has 2 rings (SSSR count). The van der Waals surface area contributed by atoms with Crippen molar-refractivity contribution in [1.29, 1.82) is 0 Å². The number of amides is 1. The number of nitrogens with zero attached hydrogens (tertiary/aromatic N) is 3. The molecule has 1 aromatic heterocycles. The molecule has 0 aliphatic rings. The molecule has 2 aromatic rings. The third-order valence-electron chi connectivity index (χ3n) is 3.68. The van der Waals surface area contributed by atoms with E-state index >= 15 is 0 Å². The monoisotopic (exact) mass is 324 g/mol. The van der Waals surface area contributed by atoms with Crippen LogP contribution in [0.15, 0.2) is 47.2 Å². The van der Waals surface area contributed by atoms with Crippen LogP contribution in [0.2, 0.25) is 0 Å². The number of benzene rings is 1. The van der Waals surface area contributed by atoms with Gasteiger partial charge in [-0.05, 0) is 42.5 Å². The molecular weight excluding hydrogens is 300 g/mol. The Morgan fingerprint density at radius 2 is 2.00 bits per heavy atom. The molecule has 0 fully saturated rings. The molecule has 1 amide bonds. The number of carbonyl (C=O) groups is 1. The van der Waals surface area contributed by atoms with Gasteiger partial charge >= 0.3 is 0 Å². The van der Waals surface area contributed by atoms with Crippen LogP contribution >= 0.6 is 0 Å². The molecule has 126 valence electrons. The molecule has 0 aliphatic carbocycles. The van der Waals surface area contributed by atoms with E-state index in [4.69, 9.17) is 0 Å². The third kappa shape index (κ3) is 5.19. The van der Waals surface area contributed by atoms with Gasteiger partial charge < -0.3 is 0 Å². The molecule has 1 aromatic carbocycles. The van der Waals surface area contributed by atoms with E-state index in [0.29, 0.717) is 5.92 Å². The Labute approximate surface area is 143 Å². The summed E-state index contributed by atoms with van der Waals surface area (Å²) in [6.07, 6.45) is 5.34. The van der Waals surface area contributed by atoms with Crippen molar-refractivity contribution in [3.63, 3.8) is 0 Å². The zero-order chi connectivity index (χ0) is 17.5.